The molecule has 0 heterocycles. The van der Waals surface area contributed by atoms with Crippen LogP contribution in [0.5, 0.6) is 0 Å². The van der Waals surface area contributed by atoms with Crippen LogP contribution in [-0.4, -0.2) is 34.5 Å². The summed E-state index contributed by atoms with van der Waals surface area (Å²) in [6.45, 7) is 10.9. The fraction of sp³-hybridized carbons (Fsp3) is 0.962. The zero-order chi connectivity index (χ0) is 21.8. The van der Waals surface area contributed by atoms with E-state index < -0.39 is 0 Å². The van der Waals surface area contributed by atoms with E-state index in [4.69, 9.17) is 4.74 Å². The molecule has 0 bridgehead atoms. The lowest BCUT2D eigenvalue weighted by Gasteiger charge is -2.63. The van der Waals surface area contributed by atoms with Crippen LogP contribution in [0.1, 0.15) is 92.4 Å². The van der Waals surface area contributed by atoms with Gasteiger partial charge in [-0.1, -0.05) is 40.5 Å². The van der Waals surface area contributed by atoms with E-state index in [0.717, 1.165) is 38.5 Å². The van der Waals surface area contributed by atoms with Crippen LogP contribution in [0.25, 0.3) is 0 Å². The van der Waals surface area contributed by atoms with Gasteiger partial charge in [0.25, 0.3) is 0 Å². The Morgan fingerprint density at radius 2 is 1.83 bits per heavy atom. The Bertz CT molecular complexity index is 649. The Hall–Kier alpha value is -0.610. The number of hydrogen-bond donors (Lipinski definition) is 2. The topological polar surface area (TPSA) is 66.8 Å². The van der Waals surface area contributed by atoms with Crippen LogP contribution in [0.15, 0.2) is 0 Å². The molecule has 2 N–H and O–H groups in total. The summed E-state index contributed by atoms with van der Waals surface area (Å²) in [5.74, 6) is 2.49. The molecule has 4 heteroatoms. The SMILES string of the molecule is CCC[C@@H](C)C1CCC2C3C(C[C@H](O)[C@@]21C)[C@@]1(C)CC[C@@H](OC(C)=O)CC1C[C@H]3O. The molecule has 4 saturated carbocycles. The highest BCUT2D eigenvalue weighted by Gasteiger charge is 2.65. The molecule has 0 aromatic carbocycles. The lowest BCUT2D eigenvalue weighted by atomic mass is 9.43. The zero-order valence-electron chi connectivity index (χ0n) is 19.8. The van der Waals surface area contributed by atoms with Gasteiger partial charge < -0.3 is 14.9 Å². The Morgan fingerprint density at radius 3 is 2.50 bits per heavy atom. The molecule has 0 aliphatic heterocycles. The first-order chi connectivity index (χ1) is 14.1. The van der Waals surface area contributed by atoms with Crippen molar-refractivity contribution in [2.24, 2.45) is 46.3 Å². The number of hydrogen-bond acceptors (Lipinski definition) is 4. The first-order valence-corrected chi connectivity index (χ1v) is 12.7. The monoisotopic (exact) mass is 420 g/mol. The molecule has 0 spiro atoms. The molecule has 4 nitrogen and oxygen atoms in total. The van der Waals surface area contributed by atoms with Crippen molar-refractivity contribution >= 4 is 5.97 Å². The van der Waals surface area contributed by atoms with Crippen LogP contribution in [0, 0.1) is 46.3 Å². The van der Waals surface area contributed by atoms with E-state index in [-0.39, 0.29) is 35.1 Å². The van der Waals surface area contributed by atoms with Crippen molar-refractivity contribution in [3.8, 4) is 0 Å². The molecule has 5 unspecified atom stereocenters. The Morgan fingerprint density at radius 1 is 1.10 bits per heavy atom. The van der Waals surface area contributed by atoms with E-state index in [2.05, 4.69) is 27.7 Å². The largest absolute Gasteiger partial charge is 0.463 e. The maximum atomic E-state index is 11.6. The van der Waals surface area contributed by atoms with Crippen molar-refractivity contribution in [3.63, 3.8) is 0 Å². The van der Waals surface area contributed by atoms with Crippen molar-refractivity contribution in [2.75, 3.05) is 0 Å². The van der Waals surface area contributed by atoms with Crippen LogP contribution < -0.4 is 0 Å². The minimum atomic E-state index is -0.291. The molecule has 0 amide bonds. The first-order valence-electron chi connectivity index (χ1n) is 12.7. The number of aliphatic hydroxyl groups is 2. The number of rotatable bonds is 4. The highest BCUT2D eigenvalue weighted by molar-refractivity contribution is 5.66. The van der Waals surface area contributed by atoms with E-state index >= 15 is 0 Å². The van der Waals surface area contributed by atoms with Gasteiger partial charge in [-0.2, -0.15) is 0 Å². The van der Waals surface area contributed by atoms with Gasteiger partial charge in [-0.15, -0.1) is 0 Å². The number of esters is 1. The fourth-order valence-corrected chi connectivity index (χ4v) is 9.11. The summed E-state index contributed by atoms with van der Waals surface area (Å²) in [5.41, 5.74) is 0.0743. The third-order valence-electron chi connectivity index (χ3n) is 10.6. The minimum absolute atomic E-state index is 0.00569. The summed E-state index contributed by atoms with van der Waals surface area (Å²) in [4.78, 5) is 11.5. The molecule has 0 aromatic heterocycles. The van der Waals surface area contributed by atoms with Gasteiger partial charge in [-0.05, 0) is 91.3 Å². The molecule has 0 radical (unpaired) electrons. The van der Waals surface area contributed by atoms with E-state index in [1.807, 2.05) is 0 Å². The number of ether oxygens (including phenoxy) is 1. The average molecular weight is 421 g/mol. The summed E-state index contributed by atoms with van der Waals surface area (Å²) in [5, 5.41) is 23.0. The van der Waals surface area contributed by atoms with E-state index in [1.165, 1.54) is 26.2 Å². The van der Waals surface area contributed by atoms with Crippen molar-refractivity contribution in [2.45, 2.75) is 111 Å². The van der Waals surface area contributed by atoms with Crippen LogP contribution in [0.4, 0.5) is 0 Å². The summed E-state index contributed by atoms with van der Waals surface area (Å²) in [7, 11) is 0. The molecule has 4 aliphatic carbocycles. The standard InChI is InChI=1S/C26H44O4/c1-6-7-15(2)19-8-9-20-24-21(14-23(29)26(19,20)5)25(4)11-10-18(30-16(3)27)12-17(25)13-22(24)28/h15,17-24,28-29H,6-14H2,1-5H3/t15-,17?,18-,19?,20?,21?,22-,23+,24?,25+,26-/m1/s1. The third kappa shape index (κ3) is 3.36. The molecule has 11 atom stereocenters. The van der Waals surface area contributed by atoms with Crippen LogP contribution in [0.2, 0.25) is 0 Å². The number of carbonyl (C=O) groups is 1. The summed E-state index contributed by atoms with van der Waals surface area (Å²) >= 11 is 0. The lowest BCUT2D eigenvalue weighted by molar-refractivity contribution is -0.209. The summed E-state index contributed by atoms with van der Waals surface area (Å²) < 4.78 is 5.56. The van der Waals surface area contributed by atoms with E-state index in [9.17, 15) is 15.0 Å². The molecule has 4 aliphatic rings. The number of carbonyl (C=O) groups excluding carboxylic acids is 1. The molecule has 0 saturated heterocycles. The molecule has 0 aromatic rings. The van der Waals surface area contributed by atoms with Crippen molar-refractivity contribution in [1.29, 1.82) is 0 Å². The highest BCUT2D eigenvalue weighted by Crippen LogP contribution is 2.68. The third-order valence-corrected chi connectivity index (χ3v) is 10.6. The second-order valence-electron chi connectivity index (χ2n) is 11.9. The van der Waals surface area contributed by atoms with Gasteiger partial charge in [0, 0.05) is 6.92 Å². The Balaban J connectivity index is 1.60. The van der Waals surface area contributed by atoms with Crippen molar-refractivity contribution in [3.05, 3.63) is 0 Å². The molecule has 4 rings (SSSR count). The second-order valence-corrected chi connectivity index (χ2v) is 11.9. The van der Waals surface area contributed by atoms with Crippen LogP contribution in [-0.2, 0) is 9.53 Å². The van der Waals surface area contributed by atoms with Crippen LogP contribution >= 0.6 is 0 Å². The smallest absolute Gasteiger partial charge is 0.302 e. The Labute approximate surface area is 183 Å². The minimum Gasteiger partial charge on any atom is -0.463 e. The molecule has 30 heavy (non-hydrogen) atoms. The van der Waals surface area contributed by atoms with Crippen molar-refractivity contribution < 1.29 is 19.7 Å². The fourth-order valence-electron chi connectivity index (χ4n) is 9.11. The number of fused-ring (bicyclic) bond motifs is 5. The van der Waals surface area contributed by atoms with Gasteiger partial charge in [-0.25, -0.2) is 0 Å². The van der Waals surface area contributed by atoms with Gasteiger partial charge in [0.1, 0.15) is 6.10 Å². The maximum Gasteiger partial charge on any atom is 0.302 e. The van der Waals surface area contributed by atoms with Crippen molar-refractivity contribution in [1.82, 2.24) is 0 Å². The van der Waals surface area contributed by atoms with Gasteiger partial charge in [-0.3, -0.25) is 4.79 Å². The highest BCUT2D eigenvalue weighted by atomic mass is 16.5. The van der Waals surface area contributed by atoms with Gasteiger partial charge in [0.15, 0.2) is 0 Å². The predicted molar refractivity (Wildman–Crippen MR) is 118 cm³/mol. The maximum absolute atomic E-state index is 11.6. The summed E-state index contributed by atoms with van der Waals surface area (Å²) in [6.07, 6.45) is 8.69. The molecular formula is C26H44O4. The van der Waals surface area contributed by atoms with E-state index in [1.54, 1.807) is 0 Å². The zero-order valence-corrected chi connectivity index (χ0v) is 19.8. The van der Waals surface area contributed by atoms with Gasteiger partial charge in [0.05, 0.1) is 12.2 Å². The quantitative estimate of drug-likeness (QED) is 0.631. The lowest BCUT2D eigenvalue weighted by Crippen LogP contribution is -2.62. The van der Waals surface area contributed by atoms with Gasteiger partial charge >= 0.3 is 5.97 Å². The van der Waals surface area contributed by atoms with Gasteiger partial charge in [0.2, 0.25) is 0 Å². The normalized spacial score (nSPS) is 51.4. The molecular weight excluding hydrogens is 376 g/mol. The summed E-state index contributed by atoms with van der Waals surface area (Å²) in [6, 6.07) is 0. The molecule has 172 valence electrons. The van der Waals surface area contributed by atoms with Crippen LogP contribution in [0.3, 0.4) is 0 Å². The predicted octanol–water partition coefficient (Wildman–Crippen LogP) is 4.95. The first kappa shape index (κ1) is 22.6. The van der Waals surface area contributed by atoms with E-state index in [0.29, 0.717) is 35.5 Å². The average Bonchev–Trinajstić information content (AvgIpc) is 3.02. The number of aliphatic hydroxyl groups excluding tert-OH is 2. The Kier molecular flexibility index (Phi) is 6.07. The second kappa shape index (κ2) is 8.06. The molecule has 4 fully saturated rings.